The second kappa shape index (κ2) is 7.56. The molecule has 0 bridgehead atoms. The van der Waals surface area contributed by atoms with Crippen LogP contribution in [0, 0.1) is 0 Å². The molecule has 3 amide bonds. The molecule has 0 spiro atoms. The molecule has 1 fully saturated rings. The average Bonchev–Trinajstić information content (AvgIpc) is 3.50. The molecule has 1 N–H and O–H groups in total. The second-order valence-corrected chi connectivity index (χ2v) is 7.47. The maximum atomic E-state index is 13.2. The van der Waals surface area contributed by atoms with Crippen LogP contribution in [-0.2, 0) is 16.9 Å². The number of amides is 3. The molecular formula is C22H20N4O6. The third-order valence-electron chi connectivity index (χ3n) is 5.40. The Bertz CT molecular complexity index is 1190. The van der Waals surface area contributed by atoms with E-state index in [2.05, 4.69) is 15.5 Å². The number of nitrogens with zero attached hydrogens (tertiary/aromatic N) is 3. The van der Waals surface area contributed by atoms with Crippen molar-refractivity contribution in [3.05, 3.63) is 53.9 Å². The van der Waals surface area contributed by atoms with Crippen LogP contribution in [0.5, 0.6) is 17.2 Å². The van der Waals surface area contributed by atoms with E-state index in [9.17, 15) is 9.59 Å². The molecule has 10 nitrogen and oxygen atoms in total. The van der Waals surface area contributed by atoms with Crippen LogP contribution in [0.1, 0.15) is 25.3 Å². The Morgan fingerprint density at radius 3 is 2.66 bits per heavy atom. The average molecular weight is 436 g/mol. The number of imide groups is 1. The lowest BCUT2D eigenvalue weighted by molar-refractivity contribution is -0.131. The zero-order valence-electron chi connectivity index (χ0n) is 17.5. The van der Waals surface area contributed by atoms with Gasteiger partial charge in [0.25, 0.3) is 5.91 Å². The molecule has 0 saturated carbocycles. The fourth-order valence-electron chi connectivity index (χ4n) is 3.67. The van der Waals surface area contributed by atoms with Crippen LogP contribution in [0.15, 0.2) is 46.9 Å². The third-order valence-corrected chi connectivity index (χ3v) is 5.40. The first-order chi connectivity index (χ1) is 15.5. The van der Waals surface area contributed by atoms with Crippen molar-refractivity contribution < 1.29 is 28.2 Å². The maximum absolute atomic E-state index is 13.2. The number of aromatic nitrogens is 2. The Morgan fingerprint density at radius 2 is 1.88 bits per heavy atom. The lowest BCUT2D eigenvalue weighted by Crippen LogP contribution is -2.40. The minimum atomic E-state index is -1.25. The Balaban J connectivity index is 1.34. The predicted molar refractivity (Wildman–Crippen MR) is 110 cm³/mol. The molecule has 1 atom stereocenters. The highest BCUT2D eigenvalue weighted by molar-refractivity contribution is 6.07. The van der Waals surface area contributed by atoms with Crippen LogP contribution in [0.2, 0.25) is 0 Å². The van der Waals surface area contributed by atoms with Crippen molar-refractivity contribution in [3.63, 3.8) is 0 Å². The summed E-state index contributed by atoms with van der Waals surface area (Å²) in [6.45, 7) is 4.10. The van der Waals surface area contributed by atoms with Gasteiger partial charge in [-0.05, 0) is 55.8 Å². The SMILES string of the molecule is CCOc1ccc(-c2nnc(CN3C(=O)N[C@](C)(c4ccc5c(c4)OCO5)C3=O)o2)cc1. The zero-order chi connectivity index (χ0) is 22.3. The summed E-state index contributed by atoms with van der Waals surface area (Å²) in [5.41, 5.74) is 0.0357. The highest BCUT2D eigenvalue weighted by Crippen LogP contribution is 2.38. The van der Waals surface area contributed by atoms with E-state index in [0.29, 0.717) is 29.2 Å². The summed E-state index contributed by atoms with van der Waals surface area (Å²) in [5.74, 6) is 1.86. The van der Waals surface area contributed by atoms with Crippen LogP contribution in [-0.4, -0.2) is 40.4 Å². The summed E-state index contributed by atoms with van der Waals surface area (Å²) in [4.78, 5) is 26.9. The number of rotatable bonds is 6. The number of benzene rings is 2. The number of hydrogen-bond acceptors (Lipinski definition) is 8. The van der Waals surface area contributed by atoms with Crippen molar-refractivity contribution in [2.45, 2.75) is 25.9 Å². The van der Waals surface area contributed by atoms with E-state index in [-0.39, 0.29) is 25.1 Å². The van der Waals surface area contributed by atoms with Gasteiger partial charge in [0.05, 0.1) is 6.61 Å². The van der Waals surface area contributed by atoms with Gasteiger partial charge in [-0.15, -0.1) is 10.2 Å². The number of carbonyl (C=O) groups is 2. The first-order valence-electron chi connectivity index (χ1n) is 10.1. The van der Waals surface area contributed by atoms with E-state index >= 15 is 0 Å². The van der Waals surface area contributed by atoms with Crippen LogP contribution >= 0.6 is 0 Å². The number of carbonyl (C=O) groups excluding carboxylic acids is 2. The molecule has 2 aliphatic heterocycles. The number of nitrogens with one attached hydrogen (secondary N) is 1. The van der Waals surface area contributed by atoms with Gasteiger partial charge in [0.15, 0.2) is 11.5 Å². The molecule has 3 aromatic rings. The monoisotopic (exact) mass is 436 g/mol. The van der Waals surface area contributed by atoms with Gasteiger partial charge in [-0.2, -0.15) is 0 Å². The highest BCUT2D eigenvalue weighted by Gasteiger charge is 2.49. The van der Waals surface area contributed by atoms with Crippen molar-refractivity contribution in [2.24, 2.45) is 0 Å². The summed E-state index contributed by atoms with van der Waals surface area (Å²) >= 11 is 0. The van der Waals surface area contributed by atoms with Gasteiger partial charge < -0.3 is 23.9 Å². The van der Waals surface area contributed by atoms with Crippen molar-refractivity contribution in [2.75, 3.05) is 13.4 Å². The van der Waals surface area contributed by atoms with Crippen molar-refractivity contribution in [1.29, 1.82) is 0 Å². The predicted octanol–water partition coefficient (Wildman–Crippen LogP) is 2.83. The Morgan fingerprint density at radius 1 is 1.09 bits per heavy atom. The Labute approximate surface area is 183 Å². The quantitative estimate of drug-likeness (QED) is 0.587. The first-order valence-corrected chi connectivity index (χ1v) is 10.1. The molecule has 32 heavy (non-hydrogen) atoms. The molecule has 0 unspecified atom stereocenters. The highest BCUT2D eigenvalue weighted by atomic mass is 16.7. The van der Waals surface area contributed by atoms with Crippen LogP contribution in [0.3, 0.4) is 0 Å². The number of ether oxygens (including phenoxy) is 3. The number of hydrogen-bond donors (Lipinski definition) is 1. The molecule has 1 aromatic heterocycles. The largest absolute Gasteiger partial charge is 0.494 e. The van der Waals surface area contributed by atoms with Crippen molar-refractivity contribution in [1.82, 2.24) is 20.4 Å². The molecular weight excluding hydrogens is 416 g/mol. The number of fused-ring (bicyclic) bond motifs is 1. The van der Waals surface area contributed by atoms with Gasteiger partial charge in [-0.25, -0.2) is 4.79 Å². The van der Waals surface area contributed by atoms with Crippen LogP contribution < -0.4 is 19.5 Å². The zero-order valence-corrected chi connectivity index (χ0v) is 17.5. The normalized spacial score (nSPS) is 19.4. The lowest BCUT2D eigenvalue weighted by Gasteiger charge is -2.22. The summed E-state index contributed by atoms with van der Waals surface area (Å²) in [6, 6.07) is 11.8. The second-order valence-electron chi connectivity index (χ2n) is 7.47. The van der Waals surface area contributed by atoms with Crippen LogP contribution in [0.25, 0.3) is 11.5 Å². The van der Waals surface area contributed by atoms with Crippen LogP contribution in [0.4, 0.5) is 4.79 Å². The molecule has 164 valence electrons. The maximum Gasteiger partial charge on any atom is 0.325 e. The smallest absolute Gasteiger partial charge is 0.325 e. The van der Waals surface area contributed by atoms with Gasteiger partial charge in [-0.3, -0.25) is 9.69 Å². The molecule has 0 radical (unpaired) electrons. The Hall–Kier alpha value is -4.08. The summed E-state index contributed by atoms with van der Waals surface area (Å²) in [6.07, 6.45) is 0. The fourth-order valence-corrected chi connectivity index (χ4v) is 3.67. The molecule has 5 rings (SSSR count). The molecule has 0 aliphatic carbocycles. The van der Waals surface area contributed by atoms with E-state index in [1.165, 1.54) is 0 Å². The minimum Gasteiger partial charge on any atom is -0.494 e. The van der Waals surface area contributed by atoms with Gasteiger partial charge in [0.1, 0.15) is 17.8 Å². The van der Waals surface area contributed by atoms with E-state index in [0.717, 1.165) is 10.6 Å². The molecule has 3 heterocycles. The molecule has 2 aliphatic rings. The minimum absolute atomic E-state index is 0.121. The van der Waals surface area contributed by atoms with E-state index < -0.39 is 17.5 Å². The lowest BCUT2D eigenvalue weighted by atomic mass is 9.91. The van der Waals surface area contributed by atoms with E-state index in [4.69, 9.17) is 18.6 Å². The van der Waals surface area contributed by atoms with Crippen molar-refractivity contribution in [3.8, 4) is 28.7 Å². The summed E-state index contributed by atoms with van der Waals surface area (Å²) < 4.78 is 21.8. The summed E-state index contributed by atoms with van der Waals surface area (Å²) in [7, 11) is 0. The van der Waals surface area contributed by atoms with E-state index in [1.807, 2.05) is 6.92 Å². The topological polar surface area (TPSA) is 116 Å². The Kier molecular flexibility index (Phi) is 4.69. The fraction of sp³-hybridized carbons (Fsp3) is 0.273. The van der Waals surface area contributed by atoms with Crippen molar-refractivity contribution >= 4 is 11.9 Å². The standard InChI is InChI=1S/C22H20N4O6/c1-3-29-15-7-4-13(5-8-15)19-25-24-18(32-19)11-26-20(27)22(2,23-21(26)28)14-6-9-16-17(10-14)31-12-30-16/h4-10H,3,11-12H2,1-2H3,(H,23,28)/t22-/m1/s1. The van der Waals surface area contributed by atoms with Gasteiger partial charge in [0.2, 0.25) is 18.6 Å². The molecule has 1 saturated heterocycles. The van der Waals surface area contributed by atoms with Gasteiger partial charge in [0, 0.05) is 5.56 Å². The van der Waals surface area contributed by atoms with E-state index in [1.54, 1.807) is 49.4 Å². The third kappa shape index (κ3) is 3.29. The molecule has 2 aromatic carbocycles. The first kappa shape index (κ1) is 19.9. The van der Waals surface area contributed by atoms with Gasteiger partial charge >= 0.3 is 6.03 Å². The molecule has 10 heteroatoms. The summed E-state index contributed by atoms with van der Waals surface area (Å²) in [5, 5.41) is 10.8. The number of urea groups is 1. The van der Waals surface area contributed by atoms with Gasteiger partial charge in [-0.1, -0.05) is 6.07 Å².